The van der Waals surface area contributed by atoms with E-state index in [1.807, 2.05) is 0 Å². The van der Waals surface area contributed by atoms with E-state index < -0.39 is 12.3 Å². The molecule has 0 aliphatic heterocycles. The van der Waals surface area contributed by atoms with Crippen molar-refractivity contribution in [2.45, 2.75) is 12.3 Å². The Labute approximate surface area is 36.6 Å². The molecule has 0 aromatic rings. The van der Waals surface area contributed by atoms with Gasteiger partial charge in [0.15, 0.2) is 0 Å². The van der Waals surface area contributed by atoms with Gasteiger partial charge in [0.05, 0.1) is 7.85 Å². The van der Waals surface area contributed by atoms with Crippen molar-refractivity contribution in [1.82, 2.24) is 0 Å². The maximum absolute atomic E-state index is 7.81. The Morgan fingerprint density at radius 1 is 1.33 bits per heavy atom. The molecule has 0 aliphatic rings. The molecular formula is C2H5BO3. The summed E-state index contributed by atoms with van der Waals surface area (Å²) < 4.78 is 0. The Kier molecular flexibility index (Phi) is 1.58. The van der Waals surface area contributed by atoms with Crippen LogP contribution >= 0.6 is 0 Å². The van der Waals surface area contributed by atoms with E-state index in [0.29, 0.717) is 0 Å². The Bertz CT molecular complexity index is 38.5. The Hall–Kier alpha value is -0.0551. The first kappa shape index (κ1) is 5.94. The third-order valence-corrected chi connectivity index (χ3v) is 0.274. The molecule has 0 saturated carbocycles. The highest BCUT2D eigenvalue weighted by Gasteiger charge is 2.11. The van der Waals surface area contributed by atoms with Crippen molar-refractivity contribution in [2.75, 3.05) is 0 Å². The van der Waals surface area contributed by atoms with Crippen LogP contribution in [0.3, 0.4) is 0 Å². The summed E-state index contributed by atoms with van der Waals surface area (Å²) in [4.78, 5) is 0. The first-order valence-corrected chi connectivity index (χ1v) is 1.43. The molecule has 0 unspecified atom stereocenters. The summed E-state index contributed by atoms with van der Waals surface area (Å²) in [6.07, 6.45) is -0.562. The summed E-state index contributed by atoms with van der Waals surface area (Å²) in [6.45, 7) is 0. The van der Waals surface area contributed by atoms with Gasteiger partial charge in [-0.15, -0.1) is 0 Å². The minimum Gasteiger partial charge on any atom is -0.344 e. The fourth-order valence-corrected chi connectivity index (χ4v) is 0. The van der Waals surface area contributed by atoms with Gasteiger partial charge in [-0.2, -0.15) is 0 Å². The van der Waals surface area contributed by atoms with Crippen LogP contribution < -0.4 is 0 Å². The summed E-state index contributed by atoms with van der Waals surface area (Å²) in [6, 6.07) is 0. The second-order valence-electron chi connectivity index (χ2n) is 0.978. The van der Waals surface area contributed by atoms with Crippen LogP contribution in [-0.4, -0.2) is 29.1 Å². The second-order valence-corrected chi connectivity index (χ2v) is 0.978. The molecule has 34 valence electrons. The molecular weight excluding hydrogens is 82.8 g/mol. The van der Waals surface area contributed by atoms with E-state index in [2.05, 4.69) is 7.85 Å². The van der Waals surface area contributed by atoms with E-state index in [-0.39, 0.29) is 0 Å². The van der Waals surface area contributed by atoms with E-state index in [0.717, 1.165) is 0 Å². The fourth-order valence-electron chi connectivity index (χ4n) is 0. The maximum atomic E-state index is 7.81. The van der Waals surface area contributed by atoms with Crippen molar-refractivity contribution in [1.29, 1.82) is 0 Å². The Balaban J connectivity index is 3.17. The van der Waals surface area contributed by atoms with Gasteiger partial charge in [-0.25, -0.2) is 0 Å². The van der Waals surface area contributed by atoms with Crippen molar-refractivity contribution < 1.29 is 15.3 Å². The Morgan fingerprint density at radius 2 is 1.50 bits per heavy atom. The monoisotopic (exact) mass is 88.0 g/mol. The standard InChI is InChI=1S/C2H5BO3/c3-1-2(4,5)6/h4-6H,1H2. The van der Waals surface area contributed by atoms with Gasteiger partial charge in [-0.05, 0) is 6.32 Å². The van der Waals surface area contributed by atoms with E-state index in [1.54, 1.807) is 0 Å². The molecule has 0 aliphatic carbocycles. The van der Waals surface area contributed by atoms with Crippen LogP contribution in [0.15, 0.2) is 0 Å². The van der Waals surface area contributed by atoms with Crippen molar-refractivity contribution in [3.05, 3.63) is 0 Å². The average molecular weight is 87.9 g/mol. The number of rotatable bonds is 1. The molecule has 2 radical (unpaired) electrons. The lowest BCUT2D eigenvalue weighted by Gasteiger charge is -2.08. The van der Waals surface area contributed by atoms with Crippen LogP contribution in [0.25, 0.3) is 0 Å². The highest BCUT2D eigenvalue weighted by Crippen LogP contribution is 1.93. The van der Waals surface area contributed by atoms with Gasteiger partial charge in [0.25, 0.3) is 5.97 Å². The molecule has 0 bridgehead atoms. The molecule has 0 amide bonds. The molecule has 4 heteroatoms. The molecule has 3 nitrogen and oxygen atoms in total. The van der Waals surface area contributed by atoms with Gasteiger partial charge in [-0.1, -0.05) is 0 Å². The van der Waals surface area contributed by atoms with Gasteiger partial charge in [0.2, 0.25) is 0 Å². The lowest BCUT2D eigenvalue weighted by atomic mass is 10.0. The molecule has 6 heavy (non-hydrogen) atoms. The summed E-state index contributed by atoms with van der Waals surface area (Å²) in [5.74, 6) is -2.68. The molecule has 0 spiro atoms. The summed E-state index contributed by atoms with van der Waals surface area (Å²) in [5.41, 5.74) is 0. The largest absolute Gasteiger partial charge is 0.344 e. The molecule has 0 atom stereocenters. The average Bonchev–Trinajstić information content (AvgIpc) is 1.35. The van der Waals surface area contributed by atoms with Crippen molar-refractivity contribution >= 4 is 7.85 Å². The van der Waals surface area contributed by atoms with E-state index >= 15 is 0 Å². The van der Waals surface area contributed by atoms with Crippen LogP contribution in [0.2, 0.25) is 6.32 Å². The van der Waals surface area contributed by atoms with Gasteiger partial charge in [-0.3, -0.25) is 0 Å². The maximum Gasteiger partial charge on any atom is 0.266 e. The van der Waals surface area contributed by atoms with Crippen LogP contribution in [0.1, 0.15) is 0 Å². The van der Waals surface area contributed by atoms with Crippen molar-refractivity contribution in [3.8, 4) is 0 Å². The van der Waals surface area contributed by atoms with Crippen LogP contribution in [0.5, 0.6) is 0 Å². The zero-order valence-electron chi connectivity index (χ0n) is 3.13. The number of hydrogen-bond donors (Lipinski definition) is 3. The van der Waals surface area contributed by atoms with Gasteiger partial charge >= 0.3 is 0 Å². The minimum absolute atomic E-state index is 0.562. The molecule has 0 aromatic heterocycles. The smallest absolute Gasteiger partial charge is 0.266 e. The minimum atomic E-state index is -2.68. The van der Waals surface area contributed by atoms with Gasteiger partial charge in [0, 0.05) is 0 Å². The van der Waals surface area contributed by atoms with E-state index in [9.17, 15) is 0 Å². The van der Waals surface area contributed by atoms with Crippen LogP contribution in [-0.2, 0) is 0 Å². The molecule has 0 aromatic carbocycles. The van der Waals surface area contributed by atoms with Gasteiger partial charge in [0.1, 0.15) is 0 Å². The zero-order chi connectivity index (χ0) is 5.21. The van der Waals surface area contributed by atoms with Gasteiger partial charge < -0.3 is 15.3 Å². The highest BCUT2D eigenvalue weighted by molar-refractivity contribution is 6.08. The normalized spacial score (nSPS) is 11.8. The zero-order valence-corrected chi connectivity index (χ0v) is 3.13. The molecule has 0 heterocycles. The predicted molar refractivity (Wildman–Crippen MR) is 19.9 cm³/mol. The third kappa shape index (κ3) is 3.94. The summed E-state index contributed by atoms with van der Waals surface area (Å²) in [7, 11) is 4.56. The third-order valence-electron chi connectivity index (χ3n) is 0.274. The fraction of sp³-hybridized carbons (Fsp3) is 1.00. The first-order chi connectivity index (χ1) is 2.56. The SMILES string of the molecule is [B]CC(O)(O)O. The second kappa shape index (κ2) is 1.60. The summed E-state index contributed by atoms with van der Waals surface area (Å²) >= 11 is 0. The highest BCUT2D eigenvalue weighted by atomic mass is 16.7. The topological polar surface area (TPSA) is 60.7 Å². The first-order valence-electron chi connectivity index (χ1n) is 1.43. The van der Waals surface area contributed by atoms with Crippen molar-refractivity contribution in [3.63, 3.8) is 0 Å². The molecule has 3 N–H and O–H groups in total. The van der Waals surface area contributed by atoms with E-state index in [4.69, 9.17) is 15.3 Å². The number of aliphatic hydroxyl groups is 3. The quantitative estimate of drug-likeness (QED) is 0.262. The Morgan fingerprint density at radius 3 is 1.50 bits per heavy atom. The molecule has 0 saturated heterocycles. The lowest BCUT2D eigenvalue weighted by Crippen LogP contribution is -2.25. The predicted octanol–water partition coefficient (Wildman–Crippen LogP) is -1.80. The van der Waals surface area contributed by atoms with E-state index in [1.165, 1.54) is 0 Å². The van der Waals surface area contributed by atoms with Crippen LogP contribution in [0, 0.1) is 0 Å². The van der Waals surface area contributed by atoms with Crippen molar-refractivity contribution in [2.24, 2.45) is 0 Å². The molecule has 0 fully saturated rings. The summed E-state index contributed by atoms with van der Waals surface area (Å²) in [5, 5.41) is 23.4. The number of hydrogen-bond acceptors (Lipinski definition) is 3. The molecule has 0 rings (SSSR count). The van der Waals surface area contributed by atoms with Crippen LogP contribution in [0.4, 0.5) is 0 Å². The lowest BCUT2D eigenvalue weighted by molar-refractivity contribution is -0.296.